The summed E-state index contributed by atoms with van der Waals surface area (Å²) in [6, 6.07) is 7.95. The second-order valence-electron chi connectivity index (χ2n) is 9.28. The first-order valence-corrected chi connectivity index (χ1v) is 15.1. The predicted molar refractivity (Wildman–Crippen MR) is 162 cm³/mol. The summed E-state index contributed by atoms with van der Waals surface area (Å²) < 4.78 is 25.3. The van der Waals surface area contributed by atoms with Crippen molar-refractivity contribution in [1.82, 2.24) is 4.57 Å². The van der Waals surface area contributed by atoms with E-state index in [1.54, 1.807) is 50.3 Å². The molecule has 9 nitrogen and oxygen atoms in total. The molecule has 0 N–H and O–H groups in total. The van der Waals surface area contributed by atoms with Crippen LogP contribution in [0.5, 0.6) is 17.2 Å². The minimum atomic E-state index is -0.836. The zero-order chi connectivity index (χ0) is 30.0. The summed E-state index contributed by atoms with van der Waals surface area (Å²) in [6.45, 7) is 8.72. The van der Waals surface area contributed by atoms with Crippen LogP contribution in [-0.2, 0) is 14.3 Å². The molecule has 0 bridgehead atoms. The maximum Gasteiger partial charge on any atom is 0.338 e. The Labute approximate surface area is 257 Å². The highest BCUT2D eigenvalue weighted by atomic mass is 79.9. The zero-order valence-corrected chi connectivity index (χ0v) is 27.2. The molecule has 2 heterocycles. The van der Waals surface area contributed by atoms with Crippen LogP contribution in [0, 0.1) is 0 Å². The molecule has 1 atom stereocenters. The molecule has 4 rings (SSSR count). The molecule has 0 fully saturated rings. The molecule has 0 unspecified atom stereocenters. The van der Waals surface area contributed by atoms with Crippen molar-refractivity contribution in [3.63, 3.8) is 0 Å². The van der Waals surface area contributed by atoms with Gasteiger partial charge in [-0.25, -0.2) is 9.79 Å². The molecule has 0 spiro atoms. The van der Waals surface area contributed by atoms with E-state index in [1.165, 1.54) is 18.6 Å². The maximum absolute atomic E-state index is 14.0. The molecule has 1 aliphatic rings. The Kier molecular flexibility index (Phi) is 9.55. The number of methoxy groups -OCH3 is 1. The zero-order valence-electron chi connectivity index (χ0n) is 23.2. The molecular formula is C29H28Br2N2O7S. The van der Waals surface area contributed by atoms with E-state index < -0.39 is 18.0 Å². The molecule has 1 aromatic heterocycles. The van der Waals surface area contributed by atoms with Crippen LogP contribution in [-0.4, -0.2) is 36.3 Å². The lowest BCUT2D eigenvalue weighted by molar-refractivity contribution is -0.139. The van der Waals surface area contributed by atoms with Crippen molar-refractivity contribution in [2.45, 2.75) is 46.8 Å². The summed E-state index contributed by atoms with van der Waals surface area (Å²) in [5.74, 6) is 0.202. The Morgan fingerprint density at radius 1 is 1.17 bits per heavy atom. The molecule has 0 amide bonds. The highest BCUT2D eigenvalue weighted by molar-refractivity contribution is 9.11. The summed E-state index contributed by atoms with van der Waals surface area (Å²) >= 11 is 8.05. The molecule has 1 aliphatic heterocycles. The van der Waals surface area contributed by atoms with Gasteiger partial charge in [0.1, 0.15) is 0 Å². The second kappa shape index (κ2) is 12.7. The van der Waals surface area contributed by atoms with Gasteiger partial charge in [-0.2, -0.15) is 0 Å². The molecule has 41 heavy (non-hydrogen) atoms. The SMILES string of the molecule is CCOC(=O)C1=C(C)N=c2s/c(=C/c3cc(Br)cc(Br)c3OC(C)=O)c(=O)n2[C@@H]1c1ccc(OC(C)C)c(OC)c1. The Bertz CT molecular complexity index is 1740. The fraction of sp³-hybridized carbons (Fsp3) is 0.310. The monoisotopic (exact) mass is 706 g/mol. The number of halogens is 2. The normalized spacial score (nSPS) is 15.0. The molecule has 0 aliphatic carbocycles. The lowest BCUT2D eigenvalue weighted by Crippen LogP contribution is -2.40. The third-order valence-electron chi connectivity index (χ3n) is 5.95. The molecular weight excluding hydrogens is 680 g/mol. The first-order valence-electron chi connectivity index (χ1n) is 12.7. The van der Waals surface area contributed by atoms with Gasteiger partial charge in [-0.1, -0.05) is 33.3 Å². The van der Waals surface area contributed by atoms with Gasteiger partial charge in [0.25, 0.3) is 5.56 Å². The number of fused-ring (bicyclic) bond motifs is 1. The number of benzene rings is 2. The fourth-order valence-electron chi connectivity index (χ4n) is 4.39. The highest BCUT2D eigenvalue weighted by Crippen LogP contribution is 2.37. The number of hydrogen-bond acceptors (Lipinski definition) is 9. The van der Waals surface area contributed by atoms with E-state index in [4.69, 9.17) is 18.9 Å². The van der Waals surface area contributed by atoms with Crippen LogP contribution < -0.4 is 29.1 Å². The Balaban J connectivity index is 1.98. The van der Waals surface area contributed by atoms with Crippen molar-refractivity contribution in [2.75, 3.05) is 13.7 Å². The number of esters is 2. The average molecular weight is 708 g/mol. The smallest absolute Gasteiger partial charge is 0.338 e. The molecule has 216 valence electrons. The molecule has 2 aromatic carbocycles. The molecule has 0 radical (unpaired) electrons. The topological polar surface area (TPSA) is 105 Å². The van der Waals surface area contributed by atoms with E-state index in [9.17, 15) is 14.4 Å². The Hall–Kier alpha value is -3.22. The quantitative estimate of drug-likeness (QED) is 0.239. The highest BCUT2D eigenvalue weighted by Gasteiger charge is 2.34. The number of carbonyl (C=O) groups is 2. The van der Waals surface area contributed by atoms with Crippen molar-refractivity contribution in [1.29, 1.82) is 0 Å². The summed E-state index contributed by atoms with van der Waals surface area (Å²) in [5, 5.41) is 0. The third-order valence-corrected chi connectivity index (χ3v) is 7.98. The summed E-state index contributed by atoms with van der Waals surface area (Å²) in [7, 11) is 1.53. The fourth-order valence-corrected chi connectivity index (χ4v) is 6.77. The van der Waals surface area contributed by atoms with Gasteiger partial charge in [0, 0.05) is 17.0 Å². The molecule has 12 heteroatoms. The van der Waals surface area contributed by atoms with Gasteiger partial charge in [-0.05, 0) is 79.5 Å². The lowest BCUT2D eigenvalue weighted by Gasteiger charge is -2.25. The van der Waals surface area contributed by atoms with E-state index in [2.05, 4.69) is 36.9 Å². The van der Waals surface area contributed by atoms with Gasteiger partial charge >= 0.3 is 11.9 Å². The molecule has 0 saturated heterocycles. The van der Waals surface area contributed by atoms with Gasteiger partial charge < -0.3 is 18.9 Å². The van der Waals surface area contributed by atoms with E-state index >= 15 is 0 Å². The van der Waals surface area contributed by atoms with Gasteiger partial charge in [-0.3, -0.25) is 14.2 Å². The Morgan fingerprint density at radius 3 is 2.54 bits per heavy atom. The number of thiazole rings is 1. The van der Waals surface area contributed by atoms with Crippen molar-refractivity contribution in [2.24, 2.45) is 4.99 Å². The van der Waals surface area contributed by atoms with Crippen LogP contribution in [0.2, 0.25) is 0 Å². The van der Waals surface area contributed by atoms with Crippen LogP contribution in [0.1, 0.15) is 51.8 Å². The van der Waals surface area contributed by atoms with Gasteiger partial charge in [0.05, 0.1) is 46.1 Å². The number of hydrogen-bond donors (Lipinski definition) is 0. The number of nitrogens with zero attached hydrogens (tertiary/aromatic N) is 2. The first-order chi connectivity index (χ1) is 19.4. The third kappa shape index (κ3) is 6.49. The van der Waals surface area contributed by atoms with E-state index in [0.29, 0.717) is 46.6 Å². The molecule has 3 aromatic rings. The number of aromatic nitrogens is 1. The number of rotatable bonds is 8. The van der Waals surface area contributed by atoms with Gasteiger partial charge in [-0.15, -0.1) is 0 Å². The van der Waals surface area contributed by atoms with E-state index in [1.807, 2.05) is 13.8 Å². The lowest BCUT2D eigenvalue weighted by atomic mass is 9.95. The van der Waals surface area contributed by atoms with Crippen LogP contribution in [0.15, 0.2) is 60.3 Å². The van der Waals surface area contributed by atoms with Gasteiger partial charge in [0.15, 0.2) is 22.0 Å². The largest absolute Gasteiger partial charge is 0.493 e. The number of allylic oxidation sites excluding steroid dienone is 1. The Morgan fingerprint density at radius 2 is 1.90 bits per heavy atom. The van der Waals surface area contributed by atoms with Crippen LogP contribution in [0.4, 0.5) is 0 Å². The minimum Gasteiger partial charge on any atom is -0.493 e. The van der Waals surface area contributed by atoms with Crippen LogP contribution in [0.25, 0.3) is 6.08 Å². The van der Waals surface area contributed by atoms with Crippen molar-refractivity contribution >= 4 is 61.2 Å². The van der Waals surface area contributed by atoms with Crippen LogP contribution >= 0.6 is 43.2 Å². The van der Waals surface area contributed by atoms with E-state index in [-0.39, 0.29) is 29.6 Å². The van der Waals surface area contributed by atoms with Gasteiger partial charge in [0.2, 0.25) is 0 Å². The van der Waals surface area contributed by atoms with Crippen molar-refractivity contribution in [3.8, 4) is 17.2 Å². The van der Waals surface area contributed by atoms with E-state index in [0.717, 1.165) is 11.3 Å². The van der Waals surface area contributed by atoms with Crippen molar-refractivity contribution < 1.29 is 28.5 Å². The number of carbonyl (C=O) groups excluding carboxylic acids is 2. The average Bonchev–Trinajstić information content (AvgIpc) is 3.19. The summed E-state index contributed by atoms with van der Waals surface area (Å²) in [4.78, 5) is 44.1. The predicted octanol–water partition coefficient (Wildman–Crippen LogP) is 5.04. The standard InChI is InChI=1S/C29H28Br2N2O7S/c1-7-38-28(36)24-15(4)32-29-33(25(24)17-8-9-21(39-14(2)3)22(11-17)37-6)27(35)23(41-29)12-18-10-19(30)13-20(31)26(18)40-16(5)34/h8-14,25H,7H2,1-6H3/b23-12+/t25-/m1/s1. The second-order valence-corrected chi connectivity index (χ2v) is 12.1. The summed E-state index contributed by atoms with van der Waals surface area (Å²) in [5.41, 5.74) is 1.43. The minimum absolute atomic E-state index is 0.0837. The molecule has 0 saturated carbocycles. The summed E-state index contributed by atoms with van der Waals surface area (Å²) in [6.07, 6.45) is 1.55. The van der Waals surface area contributed by atoms with Crippen LogP contribution in [0.3, 0.4) is 0 Å². The maximum atomic E-state index is 14.0. The van der Waals surface area contributed by atoms with Crippen molar-refractivity contribution in [3.05, 3.63) is 81.4 Å². The number of ether oxygens (including phenoxy) is 4. The first kappa shape index (κ1) is 30.7.